The molecule has 0 spiro atoms. The number of esters is 1. The van der Waals surface area contributed by atoms with Gasteiger partial charge in [-0.15, -0.1) is 0 Å². The van der Waals surface area contributed by atoms with Crippen molar-refractivity contribution in [1.82, 2.24) is 4.90 Å². The molecule has 1 aromatic rings. The number of nitrogens with zero attached hydrogens (tertiary/aromatic N) is 2. The van der Waals surface area contributed by atoms with Gasteiger partial charge in [0.05, 0.1) is 0 Å². The van der Waals surface area contributed by atoms with Gasteiger partial charge in [-0.25, -0.2) is 4.79 Å². The van der Waals surface area contributed by atoms with Gasteiger partial charge >= 0.3 is 5.97 Å². The van der Waals surface area contributed by atoms with E-state index in [0.29, 0.717) is 0 Å². The average molecular weight is 344 g/mol. The van der Waals surface area contributed by atoms with Gasteiger partial charge in [-0.3, -0.25) is 4.79 Å². The van der Waals surface area contributed by atoms with Gasteiger partial charge in [-0.05, 0) is 43.5 Å². The van der Waals surface area contributed by atoms with Crippen LogP contribution in [0.25, 0.3) is 6.08 Å². The number of hydrogen-bond donors (Lipinski definition) is 0. The van der Waals surface area contributed by atoms with Gasteiger partial charge in [0.1, 0.15) is 0 Å². The third kappa shape index (κ3) is 5.93. The SMILES string of the molecule is C[C@@H](OC(=O)/C=C/c1ccc(N2CCCCCC2)cc1)C(=O)N(C)C. The number of hydrogen-bond acceptors (Lipinski definition) is 4. The van der Waals surface area contributed by atoms with Crippen molar-refractivity contribution in [2.24, 2.45) is 0 Å². The Labute approximate surface area is 150 Å². The number of ether oxygens (including phenoxy) is 1. The summed E-state index contributed by atoms with van der Waals surface area (Å²) in [5.41, 5.74) is 2.16. The molecule has 1 aliphatic rings. The lowest BCUT2D eigenvalue weighted by Crippen LogP contribution is -2.34. The average Bonchev–Trinajstić information content (AvgIpc) is 2.89. The van der Waals surface area contributed by atoms with Crippen LogP contribution in [0.15, 0.2) is 30.3 Å². The van der Waals surface area contributed by atoms with Gasteiger partial charge in [-0.1, -0.05) is 25.0 Å². The molecule has 0 aliphatic carbocycles. The first kappa shape index (κ1) is 19.0. The van der Waals surface area contributed by atoms with E-state index in [1.54, 1.807) is 27.1 Å². The molecule has 25 heavy (non-hydrogen) atoms. The van der Waals surface area contributed by atoms with Crippen LogP contribution in [0, 0.1) is 0 Å². The molecule has 1 fully saturated rings. The molecule has 1 amide bonds. The Bertz CT molecular complexity index is 600. The van der Waals surface area contributed by atoms with Crippen LogP contribution in [0.2, 0.25) is 0 Å². The normalized spacial score (nSPS) is 16.4. The molecular formula is C20H28N2O3. The first-order valence-corrected chi connectivity index (χ1v) is 8.92. The highest BCUT2D eigenvalue weighted by Crippen LogP contribution is 2.20. The van der Waals surface area contributed by atoms with Crippen LogP contribution in [-0.2, 0) is 14.3 Å². The quantitative estimate of drug-likeness (QED) is 0.608. The maximum atomic E-state index is 11.8. The number of amides is 1. The minimum absolute atomic E-state index is 0.233. The predicted molar refractivity (Wildman–Crippen MR) is 100 cm³/mol. The maximum Gasteiger partial charge on any atom is 0.331 e. The van der Waals surface area contributed by atoms with Crippen molar-refractivity contribution in [1.29, 1.82) is 0 Å². The molecule has 0 aromatic heterocycles. The van der Waals surface area contributed by atoms with Gasteiger partial charge < -0.3 is 14.5 Å². The van der Waals surface area contributed by atoms with Gasteiger partial charge in [0, 0.05) is 38.9 Å². The maximum absolute atomic E-state index is 11.8. The zero-order chi connectivity index (χ0) is 18.2. The number of rotatable bonds is 5. The minimum atomic E-state index is -0.780. The molecule has 1 aromatic carbocycles. The Morgan fingerprint density at radius 1 is 1.08 bits per heavy atom. The van der Waals surface area contributed by atoms with Gasteiger partial charge in [0.2, 0.25) is 0 Å². The molecule has 0 unspecified atom stereocenters. The summed E-state index contributed by atoms with van der Waals surface area (Å²) in [5.74, 6) is -0.747. The summed E-state index contributed by atoms with van der Waals surface area (Å²) >= 11 is 0. The van der Waals surface area contributed by atoms with Crippen molar-refractivity contribution in [3.63, 3.8) is 0 Å². The van der Waals surface area contributed by atoms with Crippen molar-refractivity contribution in [2.45, 2.75) is 38.7 Å². The Morgan fingerprint density at radius 2 is 1.68 bits per heavy atom. The zero-order valence-corrected chi connectivity index (χ0v) is 15.4. The van der Waals surface area contributed by atoms with Crippen molar-refractivity contribution in [2.75, 3.05) is 32.1 Å². The number of benzene rings is 1. The third-order valence-corrected chi connectivity index (χ3v) is 4.36. The molecule has 0 N–H and O–H groups in total. The number of carbonyl (C=O) groups excluding carboxylic acids is 2. The second-order valence-corrected chi connectivity index (χ2v) is 6.64. The van der Waals surface area contributed by atoms with E-state index in [1.807, 2.05) is 12.1 Å². The van der Waals surface area contributed by atoms with E-state index in [1.165, 1.54) is 42.3 Å². The Balaban J connectivity index is 1.90. The number of anilines is 1. The van der Waals surface area contributed by atoms with E-state index in [-0.39, 0.29) is 5.91 Å². The molecule has 0 saturated carbocycles. The fourth-order valence-corrected chi connectivity index (χ4v) is 2.92. The van der Waals surface area contributed by atoms with Crippen LogP contribution in [-0.4, -0.2) is 50.1 Å². The molecule has 1 aliphatic heterocycles. The smallest absolute Gasteiger partial charge is 0.331 e. The summed E-state index contributed by atoms with van der Waals surface area (Å²) in [6.07, 6.45) is 7.41. The second-order valence-electron chi connectivity index (χ2n) is 6.64. The zero-order valence-electron chi connectivity index (χ0n) is 15.4. The van der Waals surface area contributed by atoms with E-state index >= 15 is 0 Å². The molecule has 1 atom stereocenters. The van der Waals surface area contributed by atoms with Crippen molar-refractivity contribution >= 4 is 23.6 Å². The first-order chi connectivity index (χ1) is 12.0. The van der Waals surface area contributed by atoms with Gasteiger partial charge in [-0.2, -0.15) is 0 Å². The fourth-order valence-electron chi connectivity index (χ4n) is 2.92. The van der Waals surface area contributed by atoms with Gasteiger partial charge in [0.15, 0.2) is 6.10 Å². The fraction of sp³-hybridized carbons (Fsp3) is 0.500. The van der Waals surface area contributed by atoms with Crippen LogP contribution in [0.5, 0.6) is 0 Å². The van der Waals surface area contributed by atoms with Crippen LogP contribution >= 0.6 is 0 Å². The van der Waals surface area contributed by atoms with E-state index in [4.69, 9.17) is 4.74 Å². The molecule has 0 bridgehead atoms. The van der Waals surface area contributed by atoms with Crippen LogP contribution in [0.3, 0.4) is 0 Å². The van der Waals surface area contributed by atoms with E-state index in [0.717, 1.165) is 18.7 Å². The standard InChI is InChI=1S/C20H28N2O3/c1-16(20(24)21(2)3)25-19(23)13-10-17-8-11-18(12-9-17)22-14-6-4-5-7-15-22/h8-13,16H,4-7,14-15H2,1-3H3/b13-10+/t16-/m1/s1. The molecule has 1 heterocycles. The second kappa shape index (κ2) is 9.25. The summed E-state index contributed by atoms with van der Waals surface area (Å²) in [6, 6.07) is 8.18. The largest absolute Gasteiger partial charge is 0.449 e. The lowest BCUT2D eigenvalue weighted by atomic mass is 10.1. The highest BCUT2D eigenvalue weighted by atomic mass is 16.5. The molecule has 2 rings (SSSR count). The Kier molecular flexibility index (Phi) is 7.04. The van der Waals surface area contributed by atoms with E-state index < -0.39 is 12.1 Å². The first-order valence-electron chi connectivity index (χ1n) is 8.92. The molecule has 5 nitrogen and oxygen atoms in total. The van der Waals surface area contributed by atoms with Gasteiger partial charge in [0.25, 0.3) is 5.91 Å². The Morgan fingerprint density at radius 3 is 2.24 bits per heavy atom. The third-order valence-electron chi connectivity index (χ3n) is 4.36. The van der Waals surface area contributed by atoms with Crippen LogP contribution in [0.1, 0.15) is 38.2 Å². The summed E-state index contributed by atoms with van der Waals surface area (Å²) in [6.45, 7) is 3.79. The molecule has 5 heteroatoms. The molecule has 1 saturated heterocycles. The monoisotopic (exact) mass is 344 g/mol. The molecular weight excluding hydrogens is 316 g/mol. The molecule has 0 radical (unpaired) electrons. The lowest BCUT2D eigenvalue weighted by molar-refractivity contribution is -0.153. The van der Waals surface area contributed by atoms with Crippen LogP contribution < -0.4 is 4.90 Å². The minimum Gasteiger partial charge on any atom is -0.449 e. The predicted octanol–water partition coefficient (Wildman–Crippen LogP) is 3.10. The summed E-state index contributed by atoms with van der Waals surface area (Å²) in [5, 5.41) is 0. The topological polar surface area (TPSA) is 49.9 Å². The highest BCUT2D eigenvalue weighted by Gasteiger charge is 2.17. The summed E-state index contributed by atoms with van der Waals surface area (Å²) in [4.78, 5) is 27.3. The highest BCUT2D eigenvalue weighted by molar-refractivity contribution is 5.90. The summed E-state index contributed by atoms with van der Waals surface area (Å²) in [7, 11) is 3.27. The Hall–Kier alpha value is -2.30. The summed E-state index contributed by atoms with van der Waals surface area (Å²) < 4.78 is 5.10. The van der Waals surface area contributed by atoms with Crippen molar-refractivity contribution < 1.29 is 14.3 Å². The number of likely N-dealkylation sites (N-methyl/N-ethyl adjacent to an activating group) is 1. The molecule has 136 valence electrons. The van der Waals surface area contributed by atoms with E-state index in [2.05, 4.69) is 17.0 Å². The van der Waals surface area contributed by atoms with E-state index in [9.17, 15) is 9.59 Å². The van der Waals surface area contributed by atoms with Crippen LogP contribution in [0.4, 0.5) is 5.69 Å². The van der Waals surface area contributed by atoms with Crippen molar-refractivity contribution in [3.8, 4) is 0 Å². The number of carbonyl (C=O) groups is 2. The van der Waals surface area contributed by atoms with Crippen molar-refractivity contribution in [3.05, 3.63) is 35.9 Å². The lowest BCUT2D eigenvalue weighted by Gasteiger charge is -2.22.